The van der Waals surface area contributed by atoms with E-state index in [2.05, 4.69) is 18.8 Å². The third kappa shape index (κ3) is 5.99. The smallest absolute Gasteiger partial charge is 0.259 e. The van der Waals surface area contributed by atoms with Crippen LogP contribution in [0.3, 0.4) is 0 Å². The number of carbonyl (C=O) groups excluding carboxylic acids is 1. The Morgan fingerprint density at radius 2 is 1.84 bits per heavy atom. The maximum atomic E-state index is 12.5. The SMILES string of the molecule is C=CCOc1ccc(NC(=O)c2ccccc2OCCCCC)cc1. The number of anilines is 1. The van der Waals surface area contributed by atoms with Gasteiger partial charge in [0.2, 0.25) is 0 Å². The van der Waals surface area contributed by atoms with Gasteiger partial charge in [-0.3, -0.25) is 4.79 Å². The third-order valence-corrected chi connectivity index (χ3v) is 3.62. The number of benzene rings is 2. The van der Waals surface area contributed by atoms with E-state index < -0.39 is 0 Å². The molecule has 1 amide bonds. The number of carbonyl (C=O) groups is 1. The Bertz CT molecular complexity index is 680. The highest BCUT2D eigenvalue weighted by molar-refractivity contribution is 6.06. The number of hydrogen-bond donors (Lipinski definition) is 1. The molecule has 0 aliphatic carbocycles. The van der Waals surface area contributed by atoms with Crippen molar-refractivity contribution in [1.29, 1.82) is 0 Å². The number of amides is 1. The first kappa shape index (κ1) is 18.6. The van der Waals surface area contributed by atoms with Crippen molar-refractivity contribution < 1.29 is 14.3 Å². The molecule has 0 spiro atoms. The molecule has 0 aromatic heterocycles. The van der Waals surface area contributed by atoms with Gasteiger partial charge in [0.1, 0.15) is 18.1 Å². The van der Waals surface area contributed by atoms with Crippen LogP contribution in [-0.4, -0.2) is 19.1 Å². The van der Waals surface area contributed by atoms with Crippen LogP contribution in [0.4, 0.5) is 5.69 Å². The molecule has 0 aliphatic heterocycles. The Morgan fingerprint density at radius 1 is 1.08 bits per heavy atom. The lowest BCUT2D eigenvalue weighted by molar-refractivity contribution is 0.102. The fourth-order valence-corrected chi connectivity index (χ4v) is 2.30. The number of unbranched alkanes of at least 4 members (excludes halogenated alkanes) is 2. The van der Waals surface area contributed by atoms with Crippen LogP contribution in [0.1, 0.15) is 36.5 Å². The van der Waals surface area contributed by atoms with Crippen LogP contribution in [0, 0.1) is 0 Å². The van der Waals surface area contributed by atoms with Crippen molar-refractivity contribution in [1.82, 2.24) is 0 Å². The van der Waals surface area contributed by atoms with E-state index >= 15 is 0 Å². The van der Waals surface area contributed by atoms with Gasteiger partial charge in [0.05, 0.1) is 12.2 Å². The van der Waals surface area contributed by atoms with Gasteiger partial charge in [-0.2, -0.15) is 0 Å². The summed E-state index contributed by atoms with van der Waals surface area (Å²) in [5.41, 5.74) is 1.24. The van der Waals surface area contributed by atoms with E-state index in [0.29, 0.717) is 30.2 Å². The van der Waals surface area contributed by atoms with E-state index in [1.807, 2.05) is 30.3 Å². The first-order valence-electron chi connectivity index (χ1n) is 8.61. The summed E-state index contributed by atoms with van der Waals surface area (Å²) < 4.78 is 11.2. The highest BCUT2D eigenvalue weighted by atomic mass is 16.5. The van der Waals surface area contributed by atoms with E-state index in [1.54, 1.807) is 24.3 Å². The summed E-state index contributed by atoms with van der Waals surface area (Å²) in [5.74, 6) is 1.16. The Labute approximate surface area is 149 Å². The van der Waals surface area contributed by atoms with Crippen LogP contribution in [-0.2, 0) is 0 Å². The number of hydrogen-bond acceptors (Lipinski definition) is 3. The van der Waals surface area contributed by atoms with Crippen molar-refractivity contribution in [2.24, 2.45) is 0 Å². The number of ether oxygens (including phenoxy) is 2. The molecular weight excluding hydrogens is 314 g/mol. The quantitative estimate of drug-likeness (QED) is 0.485. The summed E-state index contributed by atoms with van der Waals surface area (Å²) >= 11 is 0. The van der Waals surface area contributed by atoms with Crippen LogP contribution in [0.2, 0.25) is 0 Å². The van der Waals surface area contributed by atoms with Crippen molar-refractivity contribution in [2.45, 2.75) is 26.2 Å². The van der Waals surface area contributed by atoms with Gasteiger partial charge in [-0.05, 0) is 42.8 Å². The van der Waals surface area contributed by atoms with Crippen molar-refractivity contribution in [3.8, 4) is 11.5 Å². The molecule has 4 nitrogen and oxygen atoms in total. The van der Waals surface area contributed by atoms with E-state index in [-0.39, 0.29) is 5.91 Å². The summed E-state index contributed by atoms with van der Waals surface area (Å²) in [7, 11) is 0. The minimum absolute atomic E-state index is 0.189. The van der Waals surface area contributed by atoms with Crippen molar-refractivity contribution >= 4 is 11.6 Å². The molecule has 2 rings (SSSR count). The summed E-state index contributed by atoms with van der Waals surface area (Å²) in [4.78, 5) is 12.5. The lowest BCUT2D eigenvalue weighted by Gasteiger charge is -2.12. The second-order valence-corrected chi connectivity index (χ2v) is 5.63. The molecule has 0 bridgehead atoms. The Morgan fingerprint density at radius 3 is 2.56 bits per heavy atom. The predicted molar refractivity (Wildman–Crippen MR) is 102 cm³/mol. The van der Waals surface area contributed by atoms with Gasteiger partial charge < -0.3 is 14.8 Å². The van der Waals surface area contributed by atoms with Crippen LogP contribution in [0.5, 0.6) is 11.5 Å². The average molecular weight is 339 g/mol. The zero-order valence-corrected chi connectivity index (χ0v) is 14.7. The highest BCUT2D eigenvalue weighted by Crippen LogP contribution is 2.21. The van der Waals surface area contributed by atoms with Crippen molar-refractivity contribution in [2.75, 3.05) is 18.5 Å². The van der Waals surface area contributed by atoms with Gasteiger partial charge in [0.25, 0.3) is 5.91 Å². The second kappa shape index (κ2) is 10.2. The molecule has 4 heteroatoms. The number of para-hydroxylation sites is 1. The fourth-order valence-electron chi connectivity index (χ4n) is 2.30. The Kier molecular flexibility index (Phi) is 7.57. The maximum Gasteiger partial charge on any atom is 0.259 e. The number of rotatable bonds is 10. The van der Waals surface area contributed by atoms with Crippen LogP contribution in [0.25, 0.3) is 0 Å². The third-order valence-electron chi connectivity index (χ3n) is 3.62. The largest absolute Gasteiger partial charge is 0.493 e. The van der Waals surface area contributed by atoms with Gasteiger partial charge in [-0.15, -0.1) is 0 Å². The molecular formula is C21H25NO3. The van der Waals surface area contributed by atoms with E-state index in [9.17, 15) is 4.79 Å². The van der Waals surface area contributed by atoms with Gasteiger partial charge in [0.15, 0.2) is 0 Å². The molecule has 0 atom stereocenters. The van der Waals surface area contributed by atoms with Gasteiger partial charge in [-0.1, -0.05) is 44.6 Å². The Balaban J connectivity index is 1.99. The standard InChI is InChI=1S/C21H25NO3/c1-3-5-8-16-25-20-10-7-6-9-19(20)21(23)22-17-11-13-18(14-12-17)24-15-4-2/h4,6-7,9-14H,2-3,5,8,15-16H2,1H3,(H,22,23). The summed E-state index contributed by atoms with van der Waals surface area (Å²) in [6.07, 6.45) is 4.93. The van der Waals surface area contributed by atoms with E-state index in [4.69, 9.17) is 9.47 Å². The van der Waals surface area contributed by atoms with Gasteiger partial charge in [-0.25, -0.2) is 0 Å². The summed E-state index contributed by atoms with van der Waals surface area (Å²) in [5, 5.41) is 2.89. The molecule has 0 saturated heterocycles. The topological polar surface area (TPSA) is 47.6 Å². The van der Waals surface area contributed by atoms with Crippen LogP contribution in [0.15, 0.2) is 61.2 Å². The van der Waals surface area contributed by atoms with E-state index in [0.717, 1.165) is 25.0 Å². The minimum Gasteiger partial charge on any atom is -0.493 e. The number of nitrogens with one attached hydrogen (secondary N) is 1. The summed E-state index contributed by atoms with van der Waals surface area (Å²) in [6.45, 7) is 6.83. The second-order valence-electron chi connectivity index (χ2n) is 5.63. The maximum absolute atomic E-state index is 12.5. The molecule has 132 valence electrons. The molecule has 25 heavy (non-hydrogen) atoms. The van der Waals surface area contributed by atoms with Gasteiger partial charge >= 0.3 is 0 Å². The average Bonchev–Trinajstić information content (AvgIpc) is 2.65. The van der Waals surface area contributed by atoms with Crippen LogP contribution < -0.4 is 14.8 Å². The minimum atomic E-state index is -0.189. The van der Waals surface area contributed by atoms with Crippen LogP contribution >= 0.6 is 0 Å². The first-order valence-corrected chi connectivity index (χ1v) is 8.61. The fraction of sp³-hybridized carbons (Fsp3) is 0.286. The molecule has 0 heterocycles. The molecule has 0 radical (unpaired) electrons. The molecule has 1 N–H and O–H groups in total. The predicted octanol–water partition coefficient (Wildman–Crippen LogP) is 5.07. The lowest BCUT2D eigenvalue weighted by atomic mass is 10.1. The van der Waals surface area contributed by atoms with Crippen molar-refractivity contribution in [3.63, 3.8) is 0 Å². The zero-order valence-electron chi connectivity index (χ0n) is 14.7. The summed E-state index contributed by atoms with van der Waals surface area (Å²) in [6, 6.07) is 14.5. The monoisotopic (exact) mass is 339 g/mol. The molecule has 0 unspecified atom stereocenters. The molecule has 0 aliphatic rings. The molecule has 0 fully saturated rings. The first-order chi connectivity index (χ1) is 12.2. The lowest BCUT2D eigenvalue weighted by Crippen LogP contribution is -2.14. The Hall–Kier alpha value is -2.75. The van der Waals surface area contributed by atoms with Crippen molar-refractivity contribution in [3.05, 3.63) is 66.7 Å². The van der Waals surface area contributed by atoms with Gasteiger partial charge in [0, 0.05) is 5.69 Å². The highest BCUT2D eigenvalue weighted by Gasteiger charge is 2.12. The molecule has 2 aromatic rings. The van der Waals surface area contributed by atoms with E-state index in [1.165, 1.54) is 0 Å². The molecule has 0 saturated carbocycles. The molecule has 2 aromatic carbocycles. The zero-order chi connectivity index (χ0) is 17.9. The normalized spacial score (nSPS) is 10.1.